The van der Waals surface area contributed by atoms with Crippen LogP contribution in [0.15, 0.2) is 22.7 Å². The minimum absolute atomic E-state index is 0.0553. The van der Waals surface area contributed by atoms with Crippen LogP contribution >= 0.6 is 15.9 Å². The van der Waals surface area contributed by atoms with Crippen molar-refractivity contribution in [2.24, 2.45) is 11.7 Å². The highest BCUT2D eigenvalue weighted by Gasteiger charge is 2.28. The van der Waals surface area contributed by atoms with E-state index in [2.05, 4.69) is 20.7 Å². The molecule has 0 saturated carbocycles. The molecule has 0 spiro atoms. The quantitative estimate of drug-likeness (QED) is 0.855. The maximum atomic E-state index is 13.6. The Balaban J connectivity index is 2.10. The van der Waals surface area contributed by atoms with Crippen molar-refractivity contribution < 1.29 is 12.8 Å². The molecule has 0 bridgehead atoms. The van der Waals surface area contributed by atoms with E-state index in [4.69, 9.17) is 5.73 Å². The molecule has 0 aromatic heterocycles. The van der Waals surface area contributed by atoms with Crippen LogP contribution in [0, 0.1) is 11.7 Å². The van der Waals surface area contributed by atoms with Crippen molar-refractivity contribution in [3.63, 3.8) is 0 Å². The first-order valence-corrected chi connectivity index (χ1v) is 8.58. The average Bonchev–Trinajstić information content (AvgIpc) is 2.43. The molecule has 0 amide bonds. The number of hydrogen-bond donors (Lipinski definition) is 2. The second-order valence-corrected chi connectivity index (χ2v) is 7.40. The van der Waals surface area contributed by atoms with Crippen molar-refractivity contribution in [2.45, 2.75) is 12.8 Å². The molecule has 8 heteroatoms. The molecule has 1 heterocycles. The standard InChI is InChI=1S/C12H17BrFN3O2S/c13-10-1-2-11(14)12(7-10)16-20(18,19)17-5-3-9(8-15)4-6-17/h1-2,7,9,16H,3-6,8,15H2. The third-order valence-electron chi connectivity index (χ3n) is 3.41. The Morgan fingerprint density at radius 3 is 2.65 bits per heavy atom. The van der Waals surface area contributed by atoms with Gasteiger partial charge in [-0.3, -0.25) is 4.72 Å². The Hall–Kier alpha value is -0.700. The van der Waals surface area contributed by atoms with E-state index >= 15 is 0 Å². The number of rotatable bonds is 4. The fourth-order valence-corrected chi connectivity index (χ4v) is 3.78. The summed E-state index contributed by atoms with van der Waals surface area (Å²) in [6, 6.07) is 4.13. The topological polar surface area (TPSA) is 75.4 Å². The van der Waals surface area contributed by atoms with Gasteiger partial charge in [-0.1, -0.05) is 15.9 Å². The number of halogens is 2. The van der Waals surface area contributed by atoms with Crippen LogP contribution in [0.3, 0.4) is 0 Å². The SMILES string of the molecule is NCC1CCN(S(=O)(=O)Nc2cc(Br)ccc2F)CC1. The van der Waals surface area contributed by atoms with Crippen molar-refractivity contribution in [2.75, 3.05) is 24.4 Å². The number of piperidine rings is 1. The van der Waals surface area contributed by atoms with Crippen LogP contribution in [0.25, 0.3) is 0 Å². The summed E-state index contributed by atoms with van der Waals surface area (Å²) in [6.45, 7) is 1.39. The molecular weight excluding hydrogens is 349 g/mol. The first-order chi connectivity index (χ1) is 9.42. The van der Waals surface area contributed by atoms with E-state index in [9.17, 15) is 12.8 Å². The van der Waals surface area contributed by atoms with Crippen molar-refractivity contribution in [1.82, 2.24) is 4.31 Å². The maximum Gasteiger partial charge on any atom is 0.301 e. The van der Waals surface area contributed by atoms with Gasteiger partial charge in [-0.2, -0.15) is 12.7 Å². The van der Waals surface area contributed by atoms with E-state index < -0.39 is 16.0 Å². The molecule has 1 aliphatic rings. The highest BCUT2D eigenvalue weighted by molar-refractivity contribution is 9.10. The summed E-state index contributed by atoms with van der Waals surface area (Å²) < 4.78 is 42.3. The molecule has 1 aromatic carbocycles. The van der Waals surface area contributed by atoms with Crippen LogP contribution in [-0.2, 0) is 10.2 Å². The third kappa shape index (κ3) is 3.69. The first kappa shape index (κ1) is 15.7. The summed E-state index contributed by atoms with van der Waals surface area (Å²) in [6.07, 6.45) is 1.47. The molecule has 3 N–H and O–H groups in total. The van der Waals surface area contributed by atoms with E-state index in [1.807, 2.05) is 0 Å². The number of nitrogens with two attached hydrogens (primary N) is 1. The lowest BCUT2D eigenvalue weighted by atomic mass is 9.99. The van der Waals surface area contributed by atoms with Crippen LogP contribution in [0.1, 0.15) is 12.8 Å². The summed E-state index contributed by atoms with van der Waals surface area (Å²) in [5, 5.41) is 0. The molecule has 0 radical (unpaired) electrons. The van der Waals surface area contributed by atoms with Crippen molar-refractivity contribution in [3.05, 3.63) is 28.5 Å². The number of anilines is 1. The third-order valence-corrected chi connectivity index (χ3v) is 5.43. The molecule has 0 atom stereocenters. The minimum Gasteiger partial charge on any atom is -0.330 e. The first-order valence-electron chi connectivity index (χ1n) is 6.35. The Morgan fingerprint density at radius 1 is 1.40 bits per heavy atom. The van der Waals surface area contributed by atoms with Gasteiger partial charge in [-0.25, -0.2) is 4.39 Å². The summed E-state index contributed by atoms with van der Waals surface area (Å²) >= 11 is 3.19. The lowest BCUT2D eigenvalue weighted by molar-refractivity contribution is 0.280. The predicted octanol–water partition coefficient (Wildman–Crippen LogP) is 1.92. The Labute approximate surface area is 126 Å². The summed E-state index contributed by atoms with van der Waals surface area (Å²) in [7, 11) is -3.73. The summed E-state index contributed by atoms with van der Waals surface area (Å²) in [4.78, 5) is 0. The number of nitrogens with zero attached hydrogens (tertiary/aromatic N) is 1. The van der Waals surface area contributed by atoms with Crippen LogP contribution in [0.5, 0.6) is 0 Å². The van der Waals surface area contributed by atoms with Gasteiger partial charge in [0.05, 0.1) is 5.69 Å². The normalized spacial score (nSPS) is 18.1. The van der Waals surface area contributed by atoms with Gasteiger partial charge in [0.1, 0.15) is 5.82 Å². The highest BCUT2D eigenvalue weighted by atomic mass is 79.9. The van der Waals surface area contributed by atoms with E-state index in [-0.39, 0.29) is 5.69 Å². The molecule has 1 saturated heterocycles. The maximum absolute atomic E-state index is 13.6. The predicted molar refractivity (Wildman–Crippen MR) is 80.0 cm³/mol. The second-order valence-electron chi connectivity index (χ2n) is 4.81. The summed E-state index contributed by atoms with van der Waals surface area (Å²) in [5.74, 6) is -0.238. The van der Waals surface area contributed by atoms with Crippen LogP contribution in [0.4, 0.5) is 10.1 Å². The lowest BCUT2D eigenvalue weighted by Crippen LogP contribution is -2.42. The van der Waals surface area contributed by atoms with Gasteiger partial charge in [-0.15, -0.1) is 0 Å². The van der Waals surface area contributed by atoms with Gasteiger partial charge in [0, 0.05) is 17.6 Å². The van der Waals surface area contributed by atoms with Gasteiger partial charge >= 0.3 is 10.2 Å². The summed E-state index contributed by atoms with van der Waals surface area (Å²) in [5.41, 5.74) is 5.52. The number of hydrogen-bond acceptors (Lipinski definition) is 3. The van der Waals surface area contributed by atoms with Crippen LogP contribution in [0.2, 0.25) is 0 Å². The van der Waals surface area contributed by atoms with E-state index in [1.165, 1.54) is 22.5 Å². The molecule has 1 aromatic rings. The van der Waals surface area contributed by atoms with Crippen molar-refractivity contribution >= 4 is 31.8 Å². The Kier molecular flexibility index (Phi) is 5.00. The van der Waals surface area contributed by atoms with Gasteiger partial charge < -0.3 is 5.73 Å². The average molecular weight is 366 g/mol. The van der Waals surface area contributed by atoms with Gasteiger partial charge in [-0.05, 0) is 43.5 Å². The Bertz CT molecular complexity index is 574. The molecule has 2 rings (SSSR count). The van der Waals surface area contributed by atoms with Crippen LogP contribution < -0.4 is 10.5 Å². The highest BCUT2D eigenvalue weighted by Crippen LogP contribution is 2.24. The zero-order valence-corrected chi connectivity index (χ0v) is 13.3. The smallest absolute Gasteiger partial charge is 0.301 e. The number of benzene rings is 1. The van der Waals surface area contributed by atoms with Crippen LogP contribution in [-0.4, -0.2) is 32.4 Å². The molecular formula is C12H17BrFN3O2S. The molecule has 112 valence electrons. The van der Waals surface area contributed by atoms with Gasteiger partial charge in [0.2, 0.25) is 0 Å². The van der Waals surface area contributed by atoms with E-state index in [0.717, 1.165) is 12.8 Å². The largest absolute Gasteiger partial charge is 0.330 e. The monoisotopic (exact) mass is 365 g/mol. The van der Waals surface area contributed by atoms with Crippen molar-refractivity contribution in [3.8, 4) is 0 Å². The zero-order valence-electron chi connectivity index (χ0n) is 10.9. The van der Waals surface area contributed by atoms with Gasteiger partial charge in [0.15, 0.2) is 0 Å². The second kappa shape index (κ2) is 6.38. The molecule has 0 aliphatic carbocycles. The molecule has 1 aliphatic heterocycles. The molecule has 1 fully saturated rings. The van der Waals surface area contributed by atoms with E-state index in [1.54, 1.807) is 0 Å². The zero-order chi connectivity index (χ0) is 14.8. The fourth-order valence-electron chi connectivity index (χ4n) is 2.16. The van der Waals surface area contributed by atoms with Crippen molar-refractivity contribution in [1.29, 1.82) is 0 Å². The number of nitrogens with one attached hydrogen (secondary N) is 1. The minimum atomic E-state index is -3.73. The van der Waals surface area contributed by atoms with Gasteiger partial charge in [0.25, 0.3) is 0 Å². The lowest BCUT2D eigenvalue weighted by Gasteiger charge is -2.30. The molecule has 20 heavy (non-hydrogen) atoms. The van der Waals surface area contributed by atoms with E-state index in [0.29, 0.717) is 30.0 Å². The molecule has 0 unspecified atom stereocenters. The fraction of sp³-hybridized carbons (Fsp3) is 0.500. The molecule has 5 nitrogen and oxygen atoms in total. The Morgan fingerprint density at radius 2 is 2.05 bits per heavy atom.